The van der Waals surface area contributed by atoms with Gasteiger partial charge in [0, 0.05) is 0 Å². The van der Waals surface area contributed by atoms with Crippen LogP contribution >= 0.6 is 0 Å². The van der Waals surface area contributed by atoms with Crippen LogP contribution in [0.4, 0.5) is 4.39 Å². The molecule has 0 heterocycles. The summed E-state index contributed by atoms with van der Waals surface area (Å²) in [5.74, 6) is -0.582. The van der Waals surface area contributed by atoms with Gasteiger partial charge < -0.3 is 10.1 Å². The van der Waals surface area contributed by atoms with Gasteiger partial charge >= 0.3 is 5.97 Å². The predicted molar refractivity (Wildman–Crippen MR) is 68.8 cm³/mol. The van der Waals surface area contributed by atoms with Gasteiger partial charge in [-0.15, -0.1) is 0 Å². The van der Waals surface area contributed by atoms with Crippen molar-refractivity contribution in [1.82, 2.24) is 5.32 Å². The number of rotatable bonds is 5. The van der Waals surface area contributed by atoms with Gasteiger partial charge in [0.15, 0.2) is 0 Å². The van der Waals surface area contributed by atoms with Crippen molar-refractivity contribution in [2.45, 2.75) is 32.7 Å². The van der Waals surface area contributed by atoms with Crippen molar-refractivity contribution < 1.29 is 13.9 Å². The standard InChI is InChI=1S/C14H20FNO2/c1-5-16-14(3,9-13(17)18-4)11-7-6-10(2)12(15)8-11/h6-8,16H,5,9H2,1-4H3. The van der Waals surface area contributed by atoms with Crippen LogP contribution in [0.25, 0.3) is 0 Å². The van der Waals surface area contributed by atoms with Crippen LogP contribution in [-0.2, 0) is 15.1 Å². The number of aryl methyl sites for hydroxylation is 1. The third kappa shape index (κ3) is 3.29. The first-order valence-corrected chi connectivity index (χ1v) is 6.01. The first kappa shape index (κ1) is 14.6. The zero-order valence-electron chi connectivity index (χ0n) is 11.3. The van der Waals surface area contributed by atoms with Crippen LogP contribution in [0.1, 0.15) is 31.4 Å². The summed E-state index contributed by atoms with van der Waals surface area (Å²) in [5, 5.41) is 3.22. The zero-order valence-corrected chi connectivity index (χ0v) is 11.3. The van der Waals surface area contributed by atoms with Gasteiger partial charge in [-0.25, -0.2) is 4.39 Å². The first-order chi connectivity index (χ1) is 8.42. The molecule has 1 aromatic rings. The Balaban J connectivity index is 3.09. The van der Waals surface area contributed by atoms with Crippen LogP contribution in [0.15, 0.2) is 18.2 Å². The van der Waals surface area contributed by atoms with E-state index in [-0.39, 0.29) is 18.2 Å². The largest absolute Gasteiger partial charge is 0.469 e. The molecule has 0 aliphatic rings. The van der Waals surface area contributed by atoms with Gasteiger partial charge in [0.25, 0.3) is 0 Å². The number of halogens is 1. The Morgan fingerprint density at radius 1 is 1.50 bits per heavy atom. The zero-order chi connectivity index (χ0) is 13.8. The maximum atomic E-state index is 13.6. The molecule has 18 heavy (non-hydrogen) atoms. The van der Waals surface area contributed by atoms with E-state index in [9.17, 15) is 9.18 Å². The Morgan fingerprint density at radius 3 is 2.67 bits per heavy atom. The summed E-state index contributed by atoms with van der Waals surface area (Å²) in [6.07, 6.45) is 0.167. The highest BCUT2D eigenvalue weighted by molar-refractivity contribution is 5.71. The van der Waals surface area contributed by atoms with Crippen molar-refractivity contribution in [3.63, 3.8) is 0 Å². The lowest BCUT2D eigenvalue weighted by Crippen LogP contribution is -2.41. The second kappa shape index (κ2) is 5.96. The number of esters is 1. The molecule has 0 saturated carbocycles. The van der Waals surface area contributed by atoms with Gasteiger partial charge in [-0.1, -0.05) is 19.1 Å². The van der Waals surface area contributed by atoms with Gasteiger partial charge in [0.1, 0.15) is 5.82 Å². The lowest BCUT2D eigenvalue weighted by Gasteiger charge is -2.30. The summed E-state index contributed by atoms with van der Waals surface area (Å²) in [5.41, 5.74) is 0.727. The van der Waals surface area contributed by atoms with Gasteiger partial charge in [-0.2, -0.15) is 0 Å². The molecule has 0 spiro atoms. The molecule has 1 aromatic carbocycles. The van der Waals surface area contributed by atoms with E-state index >= 15 is 0 Å². The van der Waals surface area contributed by atoms with Crippen LogP contribution in [-0.4, -0.2) is 19.6 Å². The Bertz CT molecular complexity index is 434. The summed E-state index contributed by atoms with van der Waals surface area (Å²) in [4.78, 5) is 11.5. The number of hydrogen-bond donors (Lipinski definition) is 1. The molecule has 1 atom stereocenters. The van der Waals surface area contributed by atoms with Gasteiger partial charge in [0.2, 0.25) is 0 Å². The van der Waals surface area contributed by atoms with Crippen molar-refractivity contribution in [3.05, 3.63) is 35.1 Å². The predicted octanol–water partition coefficient (Wildman–Crippen LogP) is 2.52. The molecule has 1 N–H and O–H groups in total. The summed E-state index contributed by atoms with van der Waals surface area (Å²) in [6.45, 7) is 6.21. The maximum absolute atomic E-state index is 13.6. The fourth-order valence-corrected chi connectivity index (χ4v) is 1.95. The van der Waals surface area contributed by atoms with E-state index < -0.39 is 5.54 Å². The highest BCUT2D eigenvalue weighted by atomic mass is 19.1. The molecule has 0 aliphatic heterocycles. The Hall–Kier alpha value is -1.42. The number of carbonyl (C=O) groups is 1. The number of benzene rings is 1. The van der Waals surface area contributed by atoms with E-state index in [0.29, 0.717) is 12.1 Å². The molecule has 3 nitrogen and oxygen atoms in total. The Kier molecular flexibility index (Phi) is 4.84. The second-order valence-electron chi connectivity index (χ2n) is 4.58. The van der Waals surface area contributed by atoms with Crippen LogP contribution in [0.2, 0.25) is 0 Å². The molecule has 100 valence electrons. The molecule has 0 fully saturated rings. The lowest BCUT2D eigenvalue weighted by atomic mass is 9.88. The highest BCUT2D eigenvalue weighted by Crippen LogP contribution is 2.26. The Morgan fingerprint density at radius 2 is 2.17 bits per heavy atom. The molecule has 0 amide bonds. The Labute approximate surface area is 107 Å². The van der Waals surface area contributed by atoms with Gasteiger partial charge in [-0.05, 0) is 37.6 Å². The van der Waals surface area contributed by atoms with Crippen molar-refractivity contribution >= 4 is 5.97 Å². The van der Waals surface area contributed by atoms with E-state index in [1.165, 1.54) is 13.2 Å². The van der Waals surface area contributed by atoms with E-state index in [2.05, 4.69) is 5.32 Å². The number of nitrogens with one attached hydrogen (secondary N) is 1. The number of carbonyl (C=O) groups excluding carboxylic acids is 1. The first-order valence-electron chi connectivity index (χ1n) is 6.01. The maximum Gasteiger partial charge on any atom is 0.307 e. The summed E-state index contributed by atoms with van der Waals surface area (Å²) in [7, 11) is 1.35. The average molecular weight is 253 g/mol. The summed E-state index contributed by atoms with van der Waals surface area (Å²) >= 11 is 0. The smallest absolute Gasteiger partial charge is 0.307 e. The minimum atomic E-state index is -0.615. The van der Waals surface area contributed by atoms with Crippen molar-refractivity contribution in [2.24, 2.45) is 0 Å². The van der Waals surface area contributed by atoms with E-state index in [4.69, 9.17) is 4.74 Å². The quantitative estimate of drug-likeness (QED) is 0.819. The molecule has 4 heteroatoms. The monoisotopic (exact) mass is 253 g/mol. The molecule has 0 bridgehead atoms. The van der Waals surface area contributed by atoms with E-state index in [1.807, 2.05) is 19.9 Å². The van der Waals surface area contributed by atoms with Crippen molar-refractivity contribution in [1.29, 1.82) is 0 Å². The van der Waals surface area contributed by atoms with Gasteiger partial charge in [0.05, 0.1) is 19.1 Å². The molecule has 0 aliphatic carbocycles. The second-order valence-corrected chi connectivity index (χ2v) is 4.58. The number of ether oxygens (including phenoxy) is 1. The fourth-order valence-electron chi connectivity index (χ4n) is 1.95. The topological polar surface area (TPSA) is 38.3 Å². The fraction of sp³-hybridized carbons (Fsp3) is 0.500. The molecule has 0 saturated heterocycles. The SMILES string of the molecule is CCNC(C)(CC(=O)OC)c1ccc(C)c(F)c1. The average Bonchev–Trinajstić information content (AvgIpc) is 2.32. The highest BCUT2D eigenvalue weighted by Gasteiger charge is 2.29. The van der Waals surface area contributed by atoms with Crippen LogP contribution in [0, 0.1) is 12.7 Å². The van der Waals surface area contributed by atoms with Crippen LogP contribution in [0.5, 0.6) is 0 Å². The molecule has 1 rings (SSSR count). The van der Waals surface area contributed by atoms with Crippen molar-refractivity contribution in [3.8, 4) is 0 Å². The third-order valence-corrected chi connectivity index (χ3v) is 3.10. The number of hydrogen-bond acceptors (Lipinski definition) is 3. The summed E-state index contributed by atoms with van der Waals surface area (Å²) in [6, 6.07) is 5.03. The van der Waals surface area contributed by atoms with E-state index in [0.717, 1.165) is 5.56 Å². The molecule has 0 aromatic heterocycles. The number of methoxy groups -OCH3 is 1. The molecular formula is C14H20FNO2. The summed E-state index contributed by atoms with van der Waals surface area (Å²) < 4.78 is 18.3. The minimum absolute atomic E-state index is 0.167. The van der Waals surface area contributed by atoms with Gasteiger partial charge in [-0.3, -0.25) is 4.79 Å². The molecular weight excluding hydrogens is 233 g/mol. The van der Waals surface area contributed by atoms with Crippen molar-refractivity contribution in [2.75, 3.05) is 13.7 Å². The van der Waals surface area contributed by atoms with E-state index in [1.54, 1.807) is 13.0 Å². The molecule has 1 unspecified atom stereocenters. The lowest BCUT2D eigenvalue weighted by molar-refractivity contribution is -0.142. The van der Waals surface area contributed by atoms with Crippen LogP contribution < -0.4 is 5.32 Å². The normalized spacial score (nSPS) is 14.1. The third-order valence-electron chi connectivity index (χ3n) is 3.10. The van der Waals surface area contributed by atoms with Crippen LogP contribution in [0.3, 0.4) is 0 Å². The molecule has 0 radical (unpaired) electrons. The minimum Gasteiger partial charge on any atom is -0.469 e.